The van der Waals surface area contributed by atoms with E-state index in [0.717, 1.165) is 53.1 Å². The topological polar surface area (TPSA) is 46.4 Å². The van der Waals surface area contributed by atoms with Crippen LogP contribution in [0, 0.1) is 30.1 Å². The summed E-state index contributed by atoms with van der Waals surface area (Å²) < 4.78 is 2.13. The van der Waals surface area contributed by atoms with Gasteiger partial charge in [0.25, 0.3) is 0 Å². The lowest BCUT2D eigenvalue weighted by Crippen LogP contribution is -3.00. The van der Waals surface area contributed by atoms with E-state index in [9.17, 15) is 4.79 Å². The van der Waals surface area contributed by atoms with E-state index >= 15 is 0 Å². The minimum Gasteiger partial charge on any atom is -1.00 e. The third kappa shape index (κ3) is 3.84. The molecule has 1 amide bonds. The van der Waals surface area contributed by atoms with Gasteiger partial charge in [-0.3, -0.25) is 4.79 Å². The number of carbonyl (C=O) groups is 1. The average molecular weight is 487 g/mol. The van der Waals surface area contributed by atoms with Crippen molar-refractivity contribution in [3.63, 3.8) is 0 Å². The van der Waals surface area contributed by atoms with Crippen molar-refractivity contribution in [1.82, 2.24) is 9.99 Å². The van der Waals surface area contributed by atoms with Gasteiger partial charge in [-0.2, -0.15) is 0 Å². The molecule has 1 aromatic heterocycles. The summed E-state index contributed by atoms with van der Waals surface area (Å²) in [7, 11) is 0. The number of carbonyl (C=O) groups excluding carboxylic acids is 1. The zero-order chi connectivity index (χ0) is 20.0. The van der Waals surface area contributed by atoms with Crippen LogP contribution in [0.15, 0.2) is 47.4 Å². The Hall–Kier alpha value is -1.66. The minimum absolute atomic E-state index is 0. The highest BCUT2D eigenvalue weighted by Gasteiger charge is 2.54. The summed E-state index contributed by atoms with van der Waals surface area (Å²) in [6.45, 7) is 6.66. The van der Waals surface area contributed by atoms with E-state index in [1.54, 1.807) is 11.3 Å². The molecule has 4 aliphatic carbocycles. The average Bonchev–Trinajstić information content (AvgIpc) is 3.08. The lowest BCUT2D eigenvalue weighted by molar-refractivity contribution is -0.146. The Morgan fingerprint density at radius 3 is 2.37 bits per heavy atom. The van der Waals surface area contributed by atoms with Crippen LogP contribution in [0.4, 0.5) is 0 Å². The van der Waals surface area contributed by atoms with E-state index < -0.39 is 0 Å². The van der Waals surface area contributed by atoms with E-state index in [4.69, 9.17) is 0 Å². The number of nitrogens with one attached hydrogen (secondary N) is 1. The SMILES string of the molecule is C=CCn1c(-c2ccc(C)cc2)cs/c1=N\NC(=O)C12CC3CC(CC(C3)C1)C2.[Br-]. The van der Waals surface area contributed by atoms with Crippen LogP contribution in [0.3, 0.4) is 0 Å². The van der Waals surface area contributed by atoms with Crippen LogP contribution in [-0.2, 0) is 11.3 Å². The molecule has 4 aliphatic rings. The first-order chi connectivity index (χ1) is 14.1. The van der Waals surface area contributed by atoms with Gasteiger partial charge in [-0.15, -0.1) is 23.0 Å². The standard InChI is InChI=1S/C24H29N3OS.BrH/c1-3-8-27-21(20-6-4-16(2)5-7-20)15-29-23(27)26-25-22(28)24-12-17-9-18(13-24)11-19(10-17)14-24;/h3-7,15,17-19H,1,8-14H2,2H3,(H,25,28);1H/p-1/b26-23-;. The summed E-state index contributed by atoms with van der Waals surface area (Å²) in [4.78, 5) is 14.0. The van der Waals surface area contributed by atoms with Gasteiger partial charge in [0, 0.05) is 11.9 Å². The zero-order valence-electron chi connectivity index (χ0n) is 17.4. The van der Waals surface area contributed by atoms with Gasteiger partial charge in [0.05, 0.1) is 11.1 Å². The fraction of sp³-hybridized carbons (Fsp3) is 0.500. The molecule has 0 saturated heterocycles. The molecule has 6 rings (SSSR count). The van der Waals surface area contributed by atoms with Crippen molar-refractivity contribution in [3.05, 3.63) is 52.7 Å². The van der Waals surface area contributed by atoms with Gasteiger partial charge in [0.1, 0.15) is 0 Å². The number of aromatic nitrogens is 1. The van der Waals surface area contributed by atoms with E-state index in [-0.39, 0.29) is 28.3 Å². The molecule has 0 radical (unpaired) electrons. The summed E-state index contributed by atoms with van der Waals surface area (Å²) in [6, 6.07) is 8.51. The predicted octanol–water partition coefficient (Wildman–Crippen LogP) is 1.86. The van der Waals surface area contributed by atoms with Crippen molar-refractivity contribution in [3.8, 4) is 11.3 Å². The van der Waals surface area contributed by atoms with E-state index in [1.165, 1.54) is 24.8 Å². The maximum Gasteiger partial charge on any atom is 0.246 e. The number of hydrogen-bond donors (Lipinski definition) is 1. The number of halogens is 1. The number of thiazole rings is 1. The molecule has 4 saturated carbocycles. The first-order valence-corrected chi connectivity index (χ1v) is 11.6. The van der Waals surface area contributed by atoms with Gasteiger partial charge in [-0.25, -0.2) is 5.43 Å². The van der Waals surface area contributed by atoms with Crippen molar-refractivity contribution < 1.29 is 21.8 Å². The number of nitrogens with zero attached hydrogens (tertiary/aromatic N) is 2. The number of amides is 1. The Labute approximate surface area is 192 Å². The monoisotopic (exact) mass is 486 g/mol. The third-order valence-corrected chi connectivity index (χ3v) is 8.09. The molecule has 0 spiro atoms. The number of benzene rings is 1. The van der Waals surface area contributed by atoms with Gasteiger partial charge in [0.15, 0.2) is 0 Å². The Morgan fingerprint density at radius 2 is 1.80 bits per heavy atom. The molecule has 1 N–H and O–H groups in total. The third-order valence-electron chi connectivity index (χ3n) is 7.23. The summed E-state index contributed by atoms with van der Waals surface area (Å²) in [5.41, 5.74) is 6.31. The second kappa shape index (κ2) is 8.46. The normalized spacial score (nSPS) is 29.5. The van der Waals surface area contributed by atoms with Crippen molar-refractivity contribution >= 4 is 17.2 Å². The van der Waals surface area contributed by atoms with E-state index in [1.807, 2.05) is 6.08 Å². The molecule has 1 heterocycles. The Balaban J connectivity index is 0.00000218. The van der Waals surface area contributed by atoms with Gasteiger partial charge < -0.3 is 21.5 Å². The molecule has 4 nitrogen and oxygen atoms in total. The maximum atomic E-state index is 13.2. The van der Waals surface area contributed by atoms with E-state index in [0.29, 0.717) is 6.54 Å². The van der Waals surface area contributed by atoms with Crippen LogP contribution in [0.1, 0.15) is 44.1 Å². The van der Waals surface area contributed by atoms with Crippen LogP contribution in [0.5, 0.6) is 0 Å². The Kier molecular flexibility index (Phi) is 6.08. The molecule has 160 valence electrons. The Bertz CT molecular complexity index is 969. The van der Waals surface area contributed by atoms with Gasteiger partial charge in [-0.05, 0) is 68.8 Å². The maximum absolute atomic E-state index is 13.2. The minimum atomic E-state index is -0.168. The first-order valence-electron chi connectivity index (χ1n) is 10.8. The summed E-state index contributed by atoms with van der Waals surface area (Å²) >= 11 is 1.57. The highest BCUT2D eigenvalue weighted by Crippen LogP contribution is 2.60. The summed E-state index contributed by atoms with van der Waals surface area (Å²) in [5, 5.41) is 6.69. The van der Waals surface area contributed by atoms with Crippen LogP contribution < -0.4 is 27.2 Å². The van der Waals surface area contributed by atoms with Crippen molar-refractivity contribution in [2.75, 3.05) is 0 Å². The number of aryl methyl sites for hydroxylation is 1. The van der Waals surface area contributed by atoms with Crippen molar-refractivity contribution in [1.29, 1.82) is 0 Å². The molecule has 0 atom stereocenters. The molecule has 4 bridgehead atoms. The van der Waals surface area contributed by atoms with Crippen LogP contribution >= 0.6 is 11.3 Å². The van der Waals surface area contributed by atoms with Crippen molar-refractivity contribution in [2.24, 2.45) is 28.3 Å². The highest BCUT2D eigenvalue weighted by atomic mass is 79.9. The largest absolute Gasteiger partial charge is 1.00 e. The molecule has 2 aromatic rings. The molecule has 30 heavy (non-hydrogen) atoms. The number of rotatable bonds is 5. The number of allylic oxidation sites excluding steroid dienone is 1. The predicted molar refractivity (Wildman–Crippen MR) is 117 cm³/mol. The summed E-state index contributed by atoms with van der Waals surface area (Å²) in [5.74, 6) is 2.42. The molecular formula is C24H29BrN3OS-. The van der Waals surface area contributed by atoms with E-state index in [2.05, 4.69) is 58.2 Å². The van der Waals surface area contributed by atoms with Crippen LogP contribution in [-0.4, -0.2) is 10.5 Å². The second-order valence-corrected chi connectivity index (χ2v) is 10.3. The molecule has 0 aliphatic heterocycles. The molecule has 4 fully saturated rings. The highest BCUT2D eigenvalue weighted by molar-refractivity contribution is 7.07. The zero-order valence-corrected chi connectivity index (χ0v) is 19.8. The molecule has 1 aromatic carbocycles. The molecular weight excluding hydrogens is 458 g/mol. The van der Waals surface area contributed by atoms with Crippen molar-refractivity contribution in [2.45, 2.75) is 52.0 Å². The van der Waals surface area contributed by atoms with Gasteiger partial charge >= 0.3 is 0 Å². The fourth-order valence-electron chi connectivity index (χ4n) is 6.29. The first kappa shape index (κ1) is 21.6. The second-order valence-electron chi connectivity index (χ2n) is 9.42. The lowest BCUT2D eigenvalue weighted by Gasteiger charge is -2.55. The fourth-order valence-corrected chi connectivity index (χ4v) is 7.16. The number of hydrogen-bond acceptors (Lipinski definition) is 3. The van der Waals surface area contributed by atoms with Crippen LogP contribution in [0.25, 0.3) is 11.3 Å². The smallest absolute Gasteiger partial charge is 0.246 e. The van der Waals surface area contributed by atoms with Crippen LogP contribution in [0.2, 0.25) is 0 Å². The Morgan fingerprint density at radius 1 is 1.20 bits per heavy atom. The van der Waals surface area contributed by atoms with Gasteiger partial charge in [-0.1, -0.05) is 35.9 Å². The quantitative estimate of drug-likeness (QED) is 0.508. The lowest BCUT2D eigenvalue weighted by atomic mass is 9.49. The summed E-state index contributed by atoms with van der Waals surface area (Å²) in [6.07, 6.45) is 9.09. The van der Waals surface area contributed by atoms with Gasteiger partial charge in [0.2, 0.25) is 10.7 Å². The molecule has 0 unspecified atom stereocenters. The molecule has 6 heteroatoms.